The van der Waals surface area contributed by atoms with E-state index in [2.05, 4.69) is 15.0 Å². The maximum Gasteiger partial charge on any atom is 0.415 e. The number of ether oxygens (including phenoxy) is 3. The second-order valence-corrected chi connectivity index (χ2v) is 8.64. The van der Waals surface area contributed by atoms with Crippen molar-refractivity contribution in [1.29, 1.82) is 0 Å². The highest BCUT2D eigenvalue weighted by molar-refractivity contribution is 5.73. The van der Waals surface area contributed by atoms with E-state index in [9.17, 15) is 9.90 Å². The Labute approximate surface area is 197 Å². The average Bonchev–Trinajstić information content (AvgIpc) is 3.10. The number of carbonyl (C=O) groups excluding carboxylic acids is 1. The van der Waals surface area contributed by atoms with E-state index >= 15 is 0 Å². The highest BCUT2D eigenvalue weighted by atomic mass is 16.6. The molecule has 176 valence electrons. The molecule has 2 aliphatic rings. The summed E-state index contributed by atoms with van der Waals surface area (Å²) in [4.78, 5) is 27.5. The van der Waals surface area contributed by atoms with Gasteiger partial charge in [0.25, 0.3) is 0 Å². The lowest BCUT2D eigenvalue weighted by molar-refractivity contribution is 0.0498. The maximum absolute atomic E-state index is 12.9. The molecule has 4 heterocycles. The highest BCUT2D eigenvalue weighted by Crippen LogP contribution is 2.39. The van der Waals surface area contributed by atoms with Gasteiger partial charge in [0.2, 0.25) is 11.8 Å². The Kier molecular flexibility index (Phi) is 5.91. The van der Waals surface area contributed by atoms with Gasteiger partial charge in [-0.05, 0) is 51.0 Å². The number of aromatic nitrogens is 3. The number of carbonyl (C=O) groups is 1. The smallest absolute Gasteiger partial charge is 0.415 e. The Balaban J connectivity index is 1.26. The first kappa shape index (κ1) is 21.9. The summed E-state index contributed by atoms with van der Waals surface area (Å²) in [5.74, 6) is 1.64. The van der Waals surface area contributed by atoms with Crippen LogP contribution in [0, 0.1) is 13.8 Å². The Morgan fingerprint density at radius 1 is 0.971 bits per heavy atom. The van der Waals surface area contributed by atoms with Gasteiger partial charge in [-0.25, -0.2) is 14.8 Å². The van der Waals surface area contributed by atoms with Crippen LogP contribution in [-0.4, -0.2) is 49.2 Å². The number of piperidine rings is 1. The number of aryl methyl sites for hydroxylation is 1. The van der Waals surface area contributed by atoms with Crippen molar-refractivity contribution in [3.63, 3.8) is 0 Å². The quantitative estimate of drug-likeness (QED) is 0.588. The fourth-order valence-corrected chi connectivity index (χ4v) is 4.69. The summed E-state index contributed by atoms with van der Waals surface area (Å²) < 4.78 is 17.7. The van der Waals surface area contributed by atoms with Gasteiger partial charge < -0.3 is 24.2 Å². The molecular weight excluding hydrogens is 436 g/mol. The van der Waals surface area contributed by atoms with Gasteiger partial charge in [0.15, 0.2) is 17.2 Å². The van der Waals surface area contributed by atoms with E-state index in [1.165, 1.54) is 12.4 Å². The molecule has 1 N–H and O–H groups in total. The minimum absolute atomic E-state index is 0.0120. The zero-order chi connectivity index (χ0) is 23.7. The molecule has 34 heavy (non-hydrogen) atoms. The minimum Gasteiger partial charge on any atom is -0.504 e. The molecule has 0 spiro atoms. The van der Waals surface area contributed by atoms with E-state index in [0.29, 0.717) is 35.9 Å². The number of hydrogen-bond donors (Lipinski definition) is 1. The number of benzene rings is 1. The minimum atomic E-state index is -0.437. The van der Waals surface area contributed by atoms with E-state index in [0.717, 1.165) is 18.5 Å². The first-order chi connectivity index (χ1) is 16.5. The number of phenolic OH excluding ortho intramolecular Hbond substituents is 1. The maximum atomic E-state index is 12.9. The lowest BCUT2D eigenvalue weighted by Crippen LogP contribution is -2.50. The molecule has 1 amide bonds. The molecule has 2 aromatic heterocycles. The zero-order valence-electron chi connectivity index (χ0n) is 19.0. The normalized spacial score (nSPS) is 21.2. The van der Waals surface area contributed by atoms with Crippen molar-refractivity contribution in [3.8, 4) is 29.0 Å². The summed E-state index contributed by atoms with van der Waals surface area (Å²) in [7, 11) is 0. The fourth-order valence-electron chi connectivity index (χ4n) is 4.69. The molecule has 0 radical (unpaired) electrons. The van der Waals surface area contributed by atoms with Gasteiger partial charge in [-0.1, -0.05) is 12.1 Å². The number of phenols is 1. The van der Waals surface area contributed by atoms with Crippen LogP contribution in [0.1, 0.15) is 36.9 Å². The summed E-state index contributed by atoms with van der Waals surface area (Å²) in [6, 6.07) is 10.1. The number of fused-ring (bicyclic) bond motifs is 2. The molecule has 9 heteroatoms. The predicted molar refractivity (Wildman–Crippen MR) is 122 cm³/mol. The summed E-state index contributed by atoms with van der Waals surface area (Å²) in [6.07, 6.45) is 5.73. The molecule has 5 rings (SSSR count). The first-order valence-electron chi connectivity index (χ1n) is 11.4. The van der Waals surface area contributed by atoms with Crippen molar-refractivity contribution in [2.75, 3.05) is 0 Å². The number of aromatic hydroxyl groups is 1. The Morgan fingerprint density at radius 2 is 1.68 bits per heavy atom. The Morgan fingerprint density at radius 3 is 2.41 bits per heavy atom. The van der Waals surface area contributed by atoms with E-state index < -0.39 is 6.09 Å². The average molecular weight is 463 g/mol. The predicted octanol–water partition coefficient (Wildman–Crippen LogP) is 4.56. The van der Waals surface area contributed by atoms with Crippen molar-refractivity contribution in [3.05, 3.63) is 60.2 Å². The molecule has 2 fully saturated rings. The van der Waals surface area contributed by atoms with Crippen LogP contribution < -0.4 is 14.2 Å². The van der Waals surface area contributed by atoms with Crippen LogP contribution in [0.25, 0.3) is 0 Å². The summed E-state index contributed by atoms with van der Waals surface area (Å²) in [5, 5.41) is 9.93. The topological polar surface area (TPSA) is 107 Å². The number of nitrogens with zero attached hydrogens (tertiary/aromatic N) is 4. The van der Waals surface area contributed by atoms with Crippen LogP contribution in [0.4, 0.5) is 4.79 Å². The lowest BCUT2D eigenvalue weighted by Gasteiger charge is -2.37. The summed E-state index contributed by atoms with van der Waals surface area (Å²) >= 11 is 0. The number of para-hydroxylation sites is 2. The molecule has 2 saturated heterocycles. The van der Waals surface area contributed by atoms with E-state index in [1.807, 2.05) is 26.0 Å². The number of pyridine rings is 1. The Hall–Kier alpha value is -3.88. The van der Waals surface area contributed by atoms with E-state index in [1.54, 1.807) is 29.3 Å². The SMILES string of the molecule is Cc1ncccc1Oc1ncnc(OC2CC3CCC(C2)N3C(=O)Oc2ccccc2O)c1C. The van der Waals surface area contributed by atoms with Crippen molar-refractivity contribution in [1.82, 2.24) is 19.9 Å². The van der Waals surface area contributed by atoms with Gasteiger partial charge in [-0.3, -0.25) is 4.98 Å². The molecule has 0 saturated carbocycles. The standard InChI is InChI=1S/C25H26N4O5/c1-15-23(27-14-28-24(15)33-21-8-5-11-26-16(21)2)32-19-12-17-9-10-18(13-19)29(17)25(31)34-22-7-4-3-6-20(22)30/h3-8,11,14,17-19,30H,9-10,12-13H2,1-2H3. The van der Waals surface area contributed by atoms with Gasteiger partial charge >= 0.3 is 6.09 Å². The van der Waals surface area contributed by atoms with Crippen molar-refractivity contribution >= 4 is 6.09 Å². The van der Waals surface area contributed by atoms with Crippen LogP contribution >= 0.6 is 0 Å². The van der Waals surface area contributed by atoms with Crippen LogP contribution in [0.5, 0.6) is 29.0 Å². The van der Waals surface area contributed by atoms with Gasteiger partial charge in [0.1, 0.15) is 12.4 Å². The van der Waals surface area contributed by atoms with Crippen molar-refractivity contribution in [2.24, 2.45) is 0 Å². The molecule has 2 aliphatic heterocycles. The van der Waals surface area contributed by atoms with E-state index in [4.69, 9.17) is 14.2 Å². The molecule has 0 aliphatic carbocycles. The van der Waals surface area contributed by atoms with Gasteiger partial charge in [0, 0.05) is 31.1 Å². The second kappa shape index (κ2) is 9.17. The molecule has 2 bridgehead atoms. The van der Waals surface area contributed by atoms with Crippen LogP contribution in [-0.2, 0) is 0 Å². The molecule has 2 atom stereocenters. The zero-order valence-corrected chi connectivity index (χ0v) is 19.0. The van der Waals surface area contributed by atoms with Crippen molar-refractivity contribution < 1.29 is 24.1 Å². The second-order valence-electron chi connectivity index (χ2n) is 8.64. The first-order valence-corrected chi connectivity index (χ1v) is 11.4. The van der Waals surface area contributed by atoms with Gasteiger partial charge in [-0.2, -0.15) is 0 Å². The Bertz CT molecular complexity index is 1190. The molecule has 3 aromatic rings. The third-order valence-electron chi connectivity index (χ3n) is 6.40. The summed E-state index contributed by atoms with van der Waals surface area (Å²) in [6.45, 7) is 3.74. The molecule has 9 nitrogen and oxygen atoms in total. The third kappa shape index (κ3) is 4.33. The molecule has 2 unspecified atom stereocenters. The van der Waals surface area contributed by atoms with Gasteiger partial charge in [0.05, 0.1) is 11.3 Å². The van der Waals surface area contributed by atoms with Crippen molar-refractivity contribution in [2.45, 2.75) is 57.7 Å². The number of amides is 1. The van der Waals surface area contributed by atoms with Crippen LogP contribution in [0.3, 0.4) is 0 Å². The molecular formula is C25H26N4O5. The highest BCUT2D eigenvalue weighted by Gasteiger charge is 2.45. The van der Waals surface area contributed by atoms with Crippen LogP contribution in [0.2, 0.25) is 0 Å². The lowest BCUT2D eigenvalue weighted by atomic mass is 10.0. The fraction of sp³-hybridized carbons (Fsp3) is 0.360. The summed E-state index contributed by atoms with van der Waals surface area (Å²) in [5.41, 5.74) is 1.47. The molecule has 1 aromatic carbocycles. The van der Waals surface area contributed by atoms with Crippen LogP contribution in [0.15, 0.2) is 48.9 Å². The van der Waals surface area contributed by atoms with Gasteiger partial charge in [-0.15, -0.1) is 0 Å². The monoisotopic (exact) mass is 462 g/mol. The van der Waals surface area contributed by atoms with E-state index in [-0.39, 0.29) is 29.7 Å². The number of rotatable bonds is 5. The largest absolute Gasteiger partial charge is 0.504 e. The number of hydrogen-bond acceptors (Lipinski definition) is 8. The third-order valence-corrected chi connectivity index (χ3v) is 6.40.